The summed E-state index contributed by atoms with van der Waals surface area (Å²) < 4.78 is 1.91. The SMILES string of the molecule is Cc1ccccc1-c1c2c(N)cccc2nn1C. The molecule has 3 nitrogen and oxygen atoms in total. The van der Waals surface area contributed by atoms with Crippen LogP contribution in [0.15, 0.2) is 42.5 Å². The molecule has 90 valence electrons. The summed E-state index contributed by atoms with van der Waals surface area (Å²) in [7, 11) is 1.96. The van der Waals surface area contributed by atoms with Gasteiger partial charge < -0.3 is 5.73 Å². The molecule has 0 aliphatic carbocycles. The Morgan fingerprint density at radius 3 is 2.61 bits per heavy atom. The van der Waals surface area contributed by atoms with Crippen molar-refractivity contribution in [1.29, 1.82) is 0 Å². The molecule has 1 heterocycles. The van der Waals surface area contributed by atoms with Gasteiger partial charge in [-0.3, -0.25) is 4.68 Å². The van der Waals surface area contributed by atoms with E-state index in [2.05, 4.69) is 24.2 Å². The molecule has 0 spiro atoms. The van der Waals surface area contributed by atoms with Crippen LogP contribution in [0, 0.1) is 6.92 Å². The van der Waals surface area contributed by atoms with E-state index in [4.69, 9.17) is 5.73 Å². The Bertz CT molecular complexity index is 726. The highest BCUT2D eigenvalue weighted by Gasteiger charge is 2.14. The molecular weight excluding hydrogens is 222 g/mol. The van der Waals surface area contributed by atoms with Crippen LogP contribution >= 0.6 is 0 Å². The van der Waals surface area contributed by atoms with E-state index in [1.807, 2.05) is 42.1 Å². The fourth-order valence-corrected chi connectivity index (χ4v) is 2.42. The van der Waals surface area contributed by atoms with Crippen molar-refractivity contribution < 1.29 is 0 Å². The normalized spacial score (nSPS) is 11.0. The van der Waals surface area contributed by atoms with Crippen LogP contribution in [0.3, 0.4) is 0 Å². The van der Waals surface area contributed by atoms with Gasteiger partial charge in [0.2, 0.25) is 0 Å². The number of nitrogen functional groups attached to an aromatic ring is 1. The molecule has 0 radical (unpaired) electrons. The Balaban J connectivity index is 2.43. The summed E-state index contributed by atoms with van der Waals surface area (Å²) in [5, 5.41) is 5.56. The highest BCUT2D eigenvalue weighted by Crippen LogP contribution is 2.33. The maximum atomic E-state index is 6.10. The van der Waals surface area contributed by atoms with Gasteiger partial charge in [0.15, 0.2) is 0 Å². The van der Waals surface area contributed by atoms with Gasteiger partial charge in [-0.15, -0.1) is 0 Å². The molecule has 0 fully saturated rings. The zero-order valence-corrected chi connectivity index (χ0v) is 10.5. The van der Waals surface area contributed by atoms with Crippen LogP contribution in [0.5, 0.6) is 0 Å². The third kappa shape index (κ3) is 1.48. The molecule has 0 amide bonds. The first-order chi connectivity index (χ1) is 8.68. The molecular formula is C15H15N3. The van der Waals surface area contributed by atoms with Gasteiger partial charge in [-0.1, -0.05) is 30.3 Å². The van der Waals surface area contributed by atoms with E-state index in [1.54, 1.807) is 0 Å². The van der Waals surface area contributed by atoms with E-state index in [1.165, 1.54) is 11.1 Å². The molecule has 2 N–H and O–H groups in total. The second kappa shape index (κ2) is 3.88. The quantitative estimate of drug-likeness (QED) is 0.661. The minimum absolute atomic E-state index is 0.777. The fourth-order valence-electron chi connectivity index (χ4n) is 2.42. The number of nitrogens with two attached hydrogens (primary N) is 1. The molecule has 2 aromatic carbocycles. The molecule has 3 aromatic rings. The van der Waals surface area contributed by atoms with E-state index in [0.29, 0.717) is 0 Å². The minimum atomic E-state index is 0.777. The van der Waals surface area contributed by atoms with Gasteiger partial charge >= 0.3 is 0 Å². The van der Waals surface area contributed by atoms with E-state index in [-0.39, 0.29) is 0 Å². The van der Waals surface area contributed by atoms with Crippen molar-refractivity contribution in [1.82, 2.24) is 9.78 Å². The Morgan fingerprint density at radius 1 is 1.06 bits per heavy atom. The van der Waals surface area contributed by atoms with Crippen LogP contribution in [0.4, 0.5) is 5.69 Å². The van der Waals surface area contributed by atoms with Crippen molar-refractivity contribution in [2.75, 3.05) is 5.73 Å². The highest BCUT2D eigenvalue weighted by molar-refractivity contribution is 6.01. The van der Waals surface area contributed by atoms with Crippen LogP contribution in [-0.4, -0.2) is 9.78 Å². The number of hydrogen-bond acceptors (Lipinski definition) is 2. The second-order valence-electron chi connectivity index (χ2n) is 4.53. The molecule has 0 aliphatic heterocycles. The van der Waals surface area contributed by atoms with Gasteiger partial charge in [0, 0.05) is 18.3 Å². The monoisotopic (exact) mass is 237 g/mol. The first kappa shape index (κ1) is 10.8. The van der Waals surface area contributed by atoms with Gasteiger partial charge in [0.05, 0.1) is 16.6 Å². The number of aryl methyl sites for hydroxylation is 2. The van der Waals surface area contributed by atoms with Crippen molar-refractivity contribution in [3.8, 4) is 11.3 Å². The van der Waals surface area contributed by atoms with E-state index < -0.39 is 0 Å². The number of aromatic nitrogens is 2. The third-order valence-electron chi connectivity index (χ3n) is 3.29. The van der Waals surface area contributed by atoms with Crippen LogP contribution in [-0.2, 0) is 7.05 Å². The van der Waals surface area contributed by atoms with Gasteiger partial charge in [-0.05, 0) is 24.6 Å². The number of hydrogen-bond donors (Lipinski definition) is 1. The summed E-state index contributed by atoms with van der Waals surface area (Å²) in [6.07, 6.45) is 0. The van der Waals surface area contributed by atoms with Gasteiger partial charge in [-0.2, -0.15) is 5.10 Å². The lowest BCUT2D eigenvalue weighted by molar-refractivity contribution is 0.787. The predicted octanol–water partition coefficient (Wildman–Crippen LogP) is 3.13. The molecule has 3 rings (SSSR count). The highest BCUT2D eigenvalue weighted by atomic mass is 15.3. The predicted molar refractivity (Wildman–Crippen MR) is 75.3 cm³/mol. The summed E-state index contributed by atoms with van der Waals surface area (Å²) in [4.78, 5) is 0. The van der Waals surface area contributed by atoms with Crippen molar-refractivity contribution in [3.05, 3.63) is 48.0 Å². The maximum Gasteiger partial charge on any atom is 0.0950 e. The number of rotatable bonds is 1. The average Bonchev–Trinajstić information content (AvgIpc) is 2.68. The van der Waals surface area contributed by atoms with E-state index in [0.717, 1.165) is 22.3 Å². The maximum absolute atomic E-state index is 6.10. The Hall–Kier alpha value is -2.29. The molecule has 18 heavy (non-hydrogen) atoms. The second-order valence-corrected chi connectivity index (χ2v) is 4.53. The van der Waals surface area contributed by atoms with Crippen LogP contribution in [0.25, 0.3) is 22.2 Å². The average molecular weight is 237 g/mol. The topological polar surface area (TPSA) is 43.8 Å². The first-order valence-electron chi connectivity index (χ1n) is 5.95. The Labute approximate surface area is 106 Å². The Morgan fingerprint density at radius 2 is 1.83 bits per heavy atom. The van der Waals surface area contributed by atoms with Crippen molar-refractivity contribution in [2.45, 2.75) is 6.92 Å². The summed E-state index contributed by atoms with van der Waals surface area (Å²) >= 11 is 0. The summed E-state index contributed by atoms with van der Waals surface area (Å²) in [6, 6.07) is 14.2. The van der Waals surface area contributed by atoms with Crippen LogP contribution < -0.4 is 5.73 Å². The molecule has 0 saturated carbocycles. The smallest absolute Gasteiger partial charge is 0.0950 e. The van der Waals surface area contributed by atoms with E-state index >= 15 is 0 Å². The number of benzene rings is 2. The molecule has 0 bridgehead atoms. The van der Waals surface area contributed by atoms with Crippen molar-refractivity contribution >= 4 is 16.6 Å². The third-order valence-corrected chi connectivity index (χ3v) is 3.29. The van der Waals surface area contributed by atoms with E-state index in [9.17, 15) is 0 Å². The van der Waals surface area contributed by atoms with Crippen molar-refractivity contribution in [3.63, 3.8) is 0 Å². The lowest BCUT2D eigenvalue weighted by atomic mass is 10.0. The molecule has 0 saturated heterocycles. The molecule has 1 aromatic heterocycles. The molecule has 0 atom stereocenters. The molecule has 0 aliphatic rings. The number of anilines is 1. The lowest BCUT2D eigenvalue weighted by Gasteiger charge is -2.07. The summed E-state index contributed by atoms with van der Waals surface area (Å²) in [5.74, 6) is 0. The molecule has 0 unspecified atom stereocenters. The number of fused-ring (bicyclic) bond motifs is 1. The summed E-state index contributed by atoms with van der Waals surface area (Å²) in [6.45, 7) is 2.10. The fraction of sp³-hybridized carbons (Fsp3) is 0.133. The number of nitrogens with zero attached hydrogens (tertiary/aromatic N) is 2. The Kier molecular flexibility index (Phi) is 2.33. The van der Waals surface area contributed by atoms with Crippen molar-refractivity contribution in [2.24, 2.45) is 7.05 Å². The zero-order chi connectivity index (χ0) is 12.7. The standard InChI is InChI=1S/C15H15N3/c1-10-6-3-4-7-11(10)15-14-12(16)8-5-9-13(14)17-18(15)2/h3-9H,16H2,1-2H3. The largest absolute Gasteiger partial charge is 0.398 e. The minimum Gasteiger partial charge on any atom is -0.398 e. The van der Waals surface area contributed by atoms with Gasteiger partial charge in [0.25, 0.3) is 0 Å². The van der Waals surface area contributed by atoms with Gasteiger partial charge in [-0.25, -0.2) is 0 Å². The molecule has 3 heteroatoms. The van der Waals surface area contributed by atoms with Crippen LogP contribution in [0.2, 0.25) is 0 Å². The van der Waals surface area contributed by atoms with Gasteiger partial charge in [0.1, 0.15) is 0 Å². The van der Waals surface area contributed by atoms with Crippen LogP contribution in [0.1, 0.15) is 5.56 Å². The zero-order valence-electron chi connectivity index (χ0n) is 10.5. The summed E-state index contributed by atoms with van der Waals surface area (Å²) in [5.41, 5.74) is 11.3. The lowest BCUT2D eigenvalue weighted by Crippen LogP contribution is -1.95. The first-order valence-corrected chi connectivity index (χ1v) is 5.95.